The standard InChI is InChI=1S/C16H22N2O3/c1-10-12(3)21-16(18-10)9-17-11(2)14-7-6-13(19-4)8-15(14)20-5/h6-8,11,17H,9H2,1-5H3. The fourth-order valence-corrected chi connectivity index (χ4v) is 2.14. The van der Waals surface area contributed by atoms with Crippen LogP contribution in [0.5, 0.6) is 11.5 Å². The van der Waals surface area contributed by atoms with Gasteiger partial charge in [-0.05, 0) is 26.8 Å². The largest absolute Gasteiger partial charge is 0.497 e. The van der Waals surface area contributed by atoms with Crippen LogP contribution in [0.1, 0.15) is 35.9 Å². The highest BCUT2D eigenvalue weighted by Gasteiger charge is 2.13. The van der Waals surface area contributed by atoms with Gasteiger partial charge in [-0.15, -0.1) is 0 Å². The minimum atomic E-state index is 0.110. The van der Waals surface area contributed by atoms with Crippen molar-refractivity contribution in [2.45, 2.75) is 33.4 Å². The molecule has 1 unspecified atom stereocenters. The number of benzene rings is 1. The second kappa shape index (κ2) is 6.63. The molecule has 1 N–H and O–H groups in total. The van der Waals surface area contributed by atoms with E-state index in [4.69, 9.17) is 13.9 Å². The summed E-state index contributed by atoms with van der Waals surface area (Å²) < 4.78 is 16.2. The lowest BCUT2D eigenvalue weighted by Crippen LogP contribution is -2.19. The normalized spacial score (nSPS) is 12.2. The van der Waals surface area contributed by atoms with E-state index in [9.17, 15) is 0 Å². The highest BCUT2D eigenvalue weighted by molar-refractivity contribution is 5.42. The average Bonchev–Trinajstić information content (AvgIpc) is 2.82. The Kier molecular flexibility index (Phi) is 4.85. The van der Waals surface area contributed by atoms with Crippen molar-refractivity contribution >= 4 is 0 Å². The van der Waals surface area contributed by atoms with Crippen LogP contribution in [0, 0.1) is 13.8 Å². The Morgan fingerprint density at radius 2 is 2.00 bits per heavy atom. The smallest absolute Gasteiger partial charge is 0.208 e. The van der Waals surface area contributed by atoms with Crippen LogP contribution in [0.4, 0.5) is 0 Å². The number of nitrogens with zero attached hydrogens (tertiary/aromatic N) is 1. The topological polar surface area (TPSA) is 56.5 Å². The Hall–Kier alpha value is -2.01. The van der Waals surface area contributed by atoms with Gasteiger partial charge in [0.25, 0.3) is 0 Å². The number of aromatic nitrogens is 1. The van der Waals surface area contributed by atoms with Gasteiger partial charge in [0, 0.05) is 17.7 Å². The van der Waals surface area contributed by atoms with Crippen molar-refractivity contribution < 1.29 is 13.9 Å². The van der Waals surface area contributed by atoms with Gasteiger partial charge in [-0.1, -0.05) is 6.07 Å². The molecular formula is C16H22N2O3. The van der Waals surface area contributed by atoms with E-state index in [1.165, 1.54) is 0 Å². The molecule has 1 heterocycles. The van der Waals surface area contributed by atoms with Crippen LogP contribution in [-0.2, 0) is 6.54 Å². The predicted molar refractivity (Wildman–Crippen MR) is 80.8 cm³/mol. The second-order valence-electron chi connectivity index (χ2n) is 4.96. The maximum atomic E-state index is 5.57. The quantitative estimate of drug-likeness (QED) is 0.885. The van der Waals surface area contributed by atoms with Gasteiger partial charge in [-0.2, -0.15) is 0 Å². The number of aryl methyl sites for hydroxylation is 2. The molecule has 0 radical (unpaired) electrons. The number of nitrogens with one attached hydrogen (secondary N) is 1. The Labute approximate surface area is 125 Å². The van der Waals surface area contributed by atoms with Crippen molar-refractivity contribution in [1.82, 2.24) is 10.3 Å². The van der Waals surface area contributed by atoms with Gasteiger partial charge in [0.2, 0.25) is 5.89 Å². The lowest BCUT2D eigenvalue weighted by molar-refractivity contribution is 0.382. The van der Waals surface area contributed by atoms with E-state index in [0.29, 0.717) is 12.4 Å². The van der Waals surface area contributed by atoms with Gasteiger partial charge in [0.1, 0.15) is 17.3 Å². The van der Waals surface area contributed by atoms with Gasteiger partial charge < -0.3 is 19.2 Å². The van der Waals surface area contributed by atoms with Gasteiger partial charge in [-0.3, -0.25) is 0 Å². The highest BCUT2D eigenvalue weighted by atomic mass is 16.5. The van der Waals surface area contributed by atoms with Crippen LogP contribution in [0.2, 0.25) is 0 Å². The number of oxazole rings is 1. The van der Waals surface area contributed by atoms with Crippen LogP contribution in [0.3, 0.4) is 0 Å². The van der Waals surface area contributed by atoms with Gasteiger partial charge >= 0.3 is 0 Å². The zero-order valence-electron chi connectivity index (χ0n) is 13.2. The summed E-state index contributed by atoms with van der Waals surface area (Å²) in [6, 6.07) is 5.92. The molecule has 0 spiro atoms. The molecule has 0 saturated carbocycles. The van der Waals surface area contributed by atoms with Crippen molar-refractivity contribution in [3.8, 4) is 11.5 Å². The molecule has 5 heteroatoms. The summed E-state index contributed by atoms with van der Waals surface area (Å²) in [4.78, 5) is 4.37. The van der Waals surface area contributed by atoms with Crippen LogP contribution in [0.15, 0.2) is 22.6 Å². The Morgan fingerprint density at radius 1 is 1.24 bits per heavy atom. The molecule has 0 fully saturated rings. The van der Waals surface area contributed by atoms with Crippen molar-refractivity contribution in [2.75, 3.05) is 14.2 Å². The summed E-state index contributed by atoms with van der Waals surface area (Å²) in [6.07, 6.45) is 0. The number of hydrogen-bond donors (Lipinski definition) is 1. The highest BCUT2D eigenvalue weighted by Crippen LogP contribution is 2.29. The molecule has 5 nitrogen and oxygen atoms in total. The summed E-state index contributed by atoms with van der Waals surface area (Å²) in [5.41, 5.74) is 2.00. The monoisotopic (exact) mass is 290 g/mol. The molecule has 2 rings (SSSR count). The third-order valence-electron chi connectivity index (χ3n) is 3.54. The fourth-order valence-electron chi connectivity index (χ4n) is 2.14. The van der Waals surface area contributed by atoms with Crippen LogP contribution in [0.25, 0.3) is 0 Å². The molecule has 0 aliphatic carbocycles. The first-order valence-corrected chi connectivity index (χ1v) is 6.93. The molecule has 0 saturated heterocycles. The molecule has 0 amide bonds. The van der Waals surface area contributed by atoms with Crippen molar-refractivity contribution in [3.63, 3.8) is 0 Å². The first kappa shape index (κ1) is 15.4. The zero-order valence-corrected chi connectivity index (χ0v) is 13.2. The van der Waals surface area contributed by atoms with Gasteiger partial charge in [0.05, 0.1) is 26.5 Å². The SMILES string of the molecule is COc1ccc(C(C)NCc2nc(C)c(C)o2)c(OC)c1. The number of ether oxygens (including phenoxy) is 2. The summed E-state index contributed by atoms with van der Waals surface area (Å²) in [5.74, 6) is 3.14. The zero-order chi connectivity index (χ0) is 15.4. The minimum absolute atomic E-state index is 0.110. The van der Waals surface area contributed by atoms with E-state index in [-0.39, 0.29) is 6.04 Å². The second-order valence-corrected chi connectivity index (χ2v) is 4.96. The fraction of sp³-hybridized carbons (Fsp3) is 0.438. The van der Waals surface area contributed by atoms with E-state index < -0.39 is 0 Å². The van der Waals surface area contributed by atoms with Crippen LogP contribution < -0.4 is 14.8 Å². The molecule has 1 aromatic carbocycles. The first-order chi connectivity index (χ1) is 10.0. The summed E-state index contributed by atoms with van der Waals surface area (Å²) in [7, 11) is 3.30. The Balaban J connectivity index is 2.07. The molecule has 21 heavy (non-hydrogen) atoms. The molecule has 0 aliphatic rings. The minimum Gasteiger partial charge on any atom is -0.497 e. The maximum Gasteiger partial charge on any atom is 0.208 e. The van der Waals surface area contributed by atoms with E-state index in [0.717, 1.165) is 28.5 Å². The number of hydrogen-bond acceptors (Lipinski definition) is 5. The average molecular weight is 290 g/mol. The number of rotatable bonds is 6. The third-order valence-corrected chi connectivity index (χ3v) is 3.54. The van der Waals surface area contributed by atoms with Crippen molar-refractivity contribution in [1.29, 1.82) is 0 Å². The van der Waals surface area contributed by atoms with Gasteiger partial charge in [0.15, 0.2) is 0 Å². The van der Waals surface area contributed by atoms with E-state index >= 15 is 0 Å². The summed E-state index contributed by atoms with van der Waals surface area (Å²) in [5, 5.41) is 3.39. The molecular weight excluding hydrogens is 268 g/mol. The Bertz CT molecular complexity index is 588. The van der Waals surface area contributed by atoms with E-state index in [1.54, 1.807) is 14.2 Å². The molecule has 1 aromatic heterocycles. The number of methoxy groups -OCH3 is 2. The third kappa shape index (κ3) is 3.55. The maximum absolute atomic E-state index is 5.57. The van der Waals surface area contributed by atoms with Crippen LogP contribution in [-0.4, -0.2) is 19.2 Å². The summed E-state index contributed by atoms with van der Waals surface area (Å²) in [6.45, 7) is 6.51. The van der Waals surface area contributed by atoms with Crippen LogP contribution >= 0.6 is 0 Å². The molecule has 0 bridgehead atoms. The van der Waals surface area contributed by atoms with E-state index in [2.05, 4.69) is 17.2 Å². The first-order valence-electron chi connectivity index (χ1n) is 6.93. The molecule has 0 aliphatic heterocycles. The van der Waals surface area contributed by atoms with Gasteiger partial charge in [-0.25, -0.2) is 4.98 Å². The van der Waals surface area contributed by atoms with Crippen molar-refractivity contribution in [3.05, 3.63) is 41.1 Å². The predicted octanol–water partition coefficient (Wildman–Crippen LogP) is 3.16. The van der Waals surface area contributed by atoms with Crippen molar-refractivity contribution in [2.24, 2.45) is 0 Å². The lowest BCUT2D eigenvalue weighted by Gasteiger charge is -2.17. The molecule has 2 aromatic rings. The molecule has 114 valence electrons. The molecule has 1 atom stereocenters. The van der Waals surface area contributed by atoms with E-state index in [1.807, 2.05) is 32.0 Å². The lowest BCUT2D eigenvalue weighted by atomic mass is 10.1. The Morgan fingerprint density at radius 3 is 2.57 bits per heavy atom. The summed E-state index contributed by atoms with van der Waals surface area (Å²) >= 11 is 0.